The molecule has 6 nitrogen and oxygen atoms in total. The molecule has 0 radical (unpaired) electrons. The van der Waals surface area contributed by atoms with Crippen molar-refractivity contribution in [2.45, 2.75) is 0 Å². The summed E-state index contributed by atoms with van der Waals surface area (Å²) in [6.07, 6.45) is 0. The lowest BCUT2D eigenvalue weighted by atomic mass is 10.0. The van der Waals surface area contributed by atoms with Crippen LogP contribution in [0.1, 0.15) is 0 Å². The van der Waals surface area contributed by atoms with Gasteiger partial charge in [0.1, 0.15) is 0 Å². The summed E-state index contributed by atoms with van der Waals surface area (Å²) in [6, 6.07) is 66.9. The molecule has 0 aliphatic carbocycles. The molecule has 0 fully saturated rings. The fraction of sp³-hybridized carbons (Fsp3) is 0. The van der Waals surface area contributed by atoms with E-state index in [4.69, 9.17) is 21.5 Å². The van der Waals surface area contributed by atoms with Gasteiger partial charge in [0, 0.05) is 32.7 Å². The highest BCUT2D eigenvalue weighted by atomic mass is 15.2. The Morgan fingerprint density at radius 2 is 0.845 bits per heavy atom. The van der Waals surface area contributed by atoms with Crippen molar-refractivity contribution in [1.29, 1.82) is 0 Å². The van der Waals surface area contributed by atoms with Gasteiger partial charge in [0.2, 0.25) is 5.95 Å². The molecule has 0 amide bonds. The van der Waals surface area contributed by atoms with Crippen LogP contribution in [0, 0.1) is 6.57 Å². The molecule has 3 heterocycles. The molecule has 0 unspecified atom stereocenters. The highest BCUT2D eigenvalue weighted by molar-refractivity contribution is 6.12. The van der Waals surface area contributed by atoms with Crippen LogP contribution in [0.5, 0.6) is 0 Å². The second kappa shape index (κ2) is 13.6. The first-order valence-corrected chi connectivity index (χ1v) is 19.2. The predicted octanol–water partition coefficient (Wildman–Crippen LogP) is 13.3. The zero-order valence-corrected chi connectivity index (χ0v) is 31.2. The van der Waals surface area contributed by atoms with Gasteiger partial charge in [-0.05, 0) is 70.8 Å². The molecule has 0 atom stereocenters. The van der Waals surface area contributed by atoms with Crippen molar-refractivity contribution < 1.29 is 0 Å². The molecule has 11 aromatic rings. The number of nitrogens with zero attached hydrogens (tertiary/aromatic N) is 6. The number of hydrogen-bond donors (Lipinski definition) is 0. The van der Waals surface area contributed by atoms with E-state index in [1.165, 1.54) is 0 Å². The minimum atomic E-state index is 0.475. The van der Waals surface area contributed by atoms with Crippen molar-refractivity contribution in [3.8, 4) is 56.7 Å². The predicted molar refractivity (Wildman–Crippen MR) is 237 cm³/mol. The molecule has 0 aliphatic rings. The van der Waals surface area contributed by atoms with Crippen LogP contribution in [-0.2, 0) is 0 Å². The Bertz CT molecular complexity index is 3240. The van der Waals surface area contributed by atoms with Gasteiger partial charge in [-0.25, -0.2) is 9.83 Å². The largest absolute Gasteiger partial charge is 0.309 e. The third kappa shape index (κ3) is 5.45. The molecule has 270 valence electrons. The van der Waals surface area contributed by atoms with Gasteiger partial charge in [-0.3, -0.25) is 4.57 Å². The number of para-hydroxylation sites is 2. The van der Waals surface area contributed by atoms with Crippen LogP contribution < -0.4 is 0 Å². The minimum absolute atomic E-state index is 0.475. The van der Waals surface area contributed by atoms with Gasteiger partial charge in [-0.15, -0.1) is 0 Å². The van der Waals surface area contributed by atoms with Gasteiger partial charge in [-0.2, -0.15) is 9.97 Å². The standard InChI is InChI=1S/C52H32N6/c1-53-39-27-30-49(57-47-28-25-37(34-15-5-2-6-16-34)31-42(47)43-32-38(26-29-48(43)57)35-17-7-3-8-18-35)44(33-39)51-54-50(36-19-9-4-10-20-36)55-52(56-51)58-45-23-13-11-21-40(45)41-22-12-14-24-46(41)58/h2-33H. The Morgan fingerprint density at radius 1 is 0.362 bits per heavy atom. The van der Waals surface area contributed by atoms with Gasteiger partial charge >= 0.3 is 0 Å². The first-order valence-electron chi connectivity index (χ1n) is 19.2. The summed E-state index contributed by atoms with van der Waals surface area (Å²) in [5, 5.41) is 4.49. The zero-order valence-electron chi connectivity index (χ0n) is 31.2. The lowest BCUT2D eigenvalue weighted by molar-refractivity contribution is 0.952. The average molecular weight is 741 g/mol. The Balaban J connectivity index is 1.21. The maximum absolute atomic E-state index is 8.10. The number of benzene rings is 8. The summed E-state index contributed by atoms with van der Waals surface area (Å²) in [5.41, 5.74) is 11.6. The lowest BCUT2D eigenvalue weighted by Gasteiger charge is -2.16. The highest BCUT2D eigenvalue weighted by Gasteiger charge is 2.22. The van der Waals surface area contributed by atoms with Crippen LogP contribution in [0.3, 0.4) is 0 Å². The van der Waals surface area contributed by atoms with Crippen LogP contribution in [0.15, 0.2) is 194 Å². The van der Waals surface area contributed by atoms with Gasteiger partial charge in [0.25, 0.3) is 0 Å². The maximum atomic E-state index is 8.10. The molecule has 0 spiro atoms. The van der Waals surface area contributed by atoms with Crippen molar-refractivity contribution in [1.82, 2.24) is 24.1 Å². The van der Waals surface area contributed by atoms with Crippen molar-refractivity contribution in [2.75, 3.05) is 0 Å². The van der Waals surface area contributed by atoms with Crippen molar-refractivity contribution >= 4 is 49.3 Å². The minimum Gasteiger partial charge on any atom is -0.309 e. The Hall–Kier alpha value is -8.14. The molecule has 6 heteroatoms. The van der Waals surface area contributed by atoms with Crippen LogP contribution in [0.2, 0.25) is 0 Å². The van der Waals surface area contributed by atoms with E-state index in [1.54, 1.807) is 0 Å². The third-order valence-corrected chi connectivity index (χ3v) is 11.0. The van der Waals surface area contributed by atoms with Gasteiger partial charge in [0.05, 0.1) is 34.3 Å². The van der Waals surface area contributed by atoms with Crippen LogP contribution in [-0.4, -0.2) is 24.1 Å². The van der Waals surface area contributed by atoms with E-state index in [-0.39, 0.29) is 0 Å². The van der Waals surface area contributed by atoms with E-state index in [9.17, 15) is 0 Å². The Morgan fingerprint density at radius 3 is 1.40 bits per heavy atom. The summed E-state index contributed by atoms with van der Waals surface area (Å²) in [6.45, 7) is 8.10. The summed E-state index contributed by atoms with van der Waals surface area (Å²) in [7, 11) is 0. The van der Waals surface area contributed by atoms with Crippen molar-refractivity contribution in [2.24, 2.45) is 0 Å². The maximum Gasteiger partial charge on any atom is 0.238 e. The van der Waals surface area contributed by atoms with Crippen molar-refractivity contribution in [3.05, 3.63) is 206 Å². The van der Waals surface area contributed by atoms with Gasteiger partial charge < -0.3 is 4.57 Å². The first-order chi connectivity index (χ1) is 28.7. The molecule has 0 bridgehead atoms. The SMILES string of the molecule is [C-]#[N+]c1ccc(-n2c3ccc(-c4ccccc4)cc3c3cc(-c4ccccc4)ccc32)c(-c2nc(-c3ccccc3)nc(-n3c4ccccc4c4ccccc43)n2)c1. The fourth-order valence-corrected chi connectivity index (χ4v) is 8.31. The molecule has 0 aliphatic heterocycles. The topological polar surface area (TPSA) is 52.9 Å². The molecular formula is C52H32N6. The van der Waals surface area contributed by atoms with E-state index in [0.29, 0.717) is 23.3 Å². The summed E-state index contributed by atoms with van der Waals surface area (Å²) in [4.78, 5) is 19.6. The fourth-order valence-electron chi connectivity index (χ4n) is 8.31. The quantitative estimate of drug-likeness (QED) is 0.160. The highest BCUT2D eigenvalue weighted by Crippen LogP contribution is 2.41. The monoisotopic (exact) mass is 740 g/mol. The molecule has 0 saturated carbocycles. The average Bonchev–Trinajstić information content (AvgIpc) is 3.81. The number of hydrogen-bond acceptors (Lipinski definition) is 3. The first kappa shape index (κ1) is 33.2. The van der Waals surface area contributed by atoms with Gasteiger partial charge in [0.15, 0.2) is 17.3 Å². The summed E-state index contributed by atoms with van der Waals surface area (Å²) < 4.78 is 4.42. The Kier molecular flexibility index (Phi) is 7.76. The molecular weight excluding hydrogens is 709 g/mol. The van der Waals surface area contributed by atoms with E-state index >= 15 is 0 Å². The molecule has 0 N–H and O–H groups in total. The van der Waals surface area contributed by atoms with E-state index in [0.717, 1.165) is 82.7 Å². The normalized spacial score (nSPS) is 11.4. The summed E-state index contributed by atoms with van der Waals surface area (Å²) >= 11 is 0. The second-order valence-corrected chi connectivity index (χ2v) is 14.4. The number of aromatic nitrogens is 5. The summed E-state index contributed by atoms with van der Waals surface area (Å²) in [5.74, 6) is 1.52. The Labute approximate surface area is 334 Å². The third-order valence-electron chi connectivity index (χ3n) is 11.0. The number of rotatable bonds is 6. The second-order valence-electron chi connectivity index (χ2n) is 14.4. The van der Waals surface area contributed by atoms with E-state index in [2.05, 4.69) is 135 Å². The molecule has 11 rings (SSSR count). The van der Waals surface area contributed by atoms with Crippen molar-refractivity contribution in [3.63, 3.8) is 0 Å². The molecule has 8 aromatic carbocycles. The van der Waals surface area contributed by atoms with Crippen LogP contribution in [0.25, 0.3) is 105 Å². The van der Waals surface area contributed by atoms with Gasteiger partial charge in [-0.1, -0.05) is 146 Å². The smallest absolute Gasteiger partial charge is 0.238 e. The van der Waals surface area contributed by atoms with Crippen LogP contribution >= 0.6 is 0 Å². The zero-order chi connectivity index (χ0) is 38.6. The lowest BCUT2D eigenvalue weighted by Crippen LogP contribution is -2.07. The molecule has 58 heavy (non-hydrogen) atoms. The van der Waals surface area contributed by atoms with E-state index < -0.39 is 0 Å². The number of fused-ring (bicyclic) bond motifs is 6. The molecule has 0 saturated heterocycles. The van der Waals surface area contributed by atoms with E-state index in [1.807, 2.05) is 72.8 Å². The molecule has 3 aromatic heterocycles. The van der Waals surface area contributed by atoms with Crippen LogP contribution in [0.4, 0.5) is 5.69 Å².